The largest absolute Gasteiger partial charge is 0.348 e. The number of carbonyl (C=O) groups is 3. The van der Waals surface area contributed by atoms with Crippen molar-refractivity contribution in [1.82, 2.24) is 4.90 Å². The van der Waals surface area contributed by atoms with Crippen LogP contribution in [0.5, 0.6) is 0 Å². The monoisotopic (exact) mass is 518 g/mol. The molecule has 7 atom stereocenters. The van der Waals surface area contributed by atoms with Crippen molar-refractivity contribution in [2.45, 2.75) is 93.4 Å². The maximum Gasteiger partial charge on any atom is 0.228 e. The van der Waals surface area contributed by atoms with Crippen LogP contribution in [0.25, 0.3) is 0 Å². The molecule has 0 bridgehead atoms. The molecular weight excluding hydrogens is 472 g/mol. The normalized spacial score (nSPS) is 44.8. The van der Waals surface area contributed by atoms with E-state index in [2.05, 4.69) is 40.7 Å². The van der Waals surface area contributed by atoms with E-state index in [-0.39, 0.29) is 57.0 Å². The fourth-order valence-electron chi connectivity index (χ4n) is 10.5. The molecule has 5 heteroatoms. The second-order valence-corrected chi connectivity index (χ2v) is 15.6. The molecule has 0 saturated heterocycles. The molecule has 0 spiro atoms. The predicted octanol–water partition coefficient (Wildman–Crippen LogP) is 6.29. The molecule has 1 amide bonds. The van der Waals surface area contributed by atoms with E-state index in [0.29, 0.717) is 0 Å². The average Bonchev–Trinajstić information content (AvgIpc) is 2.82. The standard InChI is InChI=1S/C33H46N2O3/c1-28(2)12-14-33(27(38)35(8)9)15-13-32(7)25(21(33)18-28)22(36)16-24-30(5)17-20(19-34)26(37)29(3,4)23(30)10-11-31(24,32)6/h16-17,21,23,25H,10-15,18H2,1-9H3/t21-,23-,25-,30-,31+,32+,33-/m0/s1. The van der Waals surface area contributed by atoms with Gasteiger partial charge in [-0.15, -0.1) is 0 Å². The van der Waals surface area contributed by atoms with Crippen LogP contribution in [0.4, 0.5) is 0 Å². The lowest BCUT2D eigenvalue weighted by atomic mass is 9.34. The highest BCUT2D eigenvalue weighted by Gasteiger charge is 2.70. The number of Topliss-reactive ketones (excluding diaryl/α,β-unsaturated/α-hetero) is 1. The Bertz CT molecular complexity index is 1230. The zero-order chi connectivity index (χ0) is 28.3. The van der Waals surface area contributed by atoms with Gasteiger partial charge in [0.25, 0.3) is 0 Å². The third kappa shape index (κ3) is 3.18. The fourth-order valence-corrected chi connectivity index (χ4v) is 10.5. The van der Waals surface area contributed by atoms with E-state index < -0.39 is 16.2 Å². The van der Waals surface area contributed by atoms with Gasteiger partial charge >= 0.3 is 0 Å². The second-order valence-electron chi connectivity index (χ2n) is 15.6. The molecule has 0 N–H and O–H groups in total. The molecule has 5 aliphatic carbocycles. The molecule has 5 nitrogen and oxygen atoms in total. The van der Waals surface area contributed by atoms with Gasteiger partial charge in [0, 0.05) is 30.8 Å². The van der Waals surface area contributed by atoms with Gasteiger partial charge in [-0.3, -0.25) is 14.4 Å². The van der Waals surface area contributed by atoms with Crippen molar-refractivity contribution in [3.05, 3.63) is 23.3 Å². The summed E-state index contributed by atoms with van der Waals surface area (Å²) < 4.78 is 0. The number of rotatable bonds is 1. The maximum atomic E-state index is 14.5. The Morgan fingerprint density at radius 1 is 0.974 bits per heavy atom. The first-order valence-corrected chi connectivity index (χ1v) is 14.6. The topological polar surface area (TPSA) is 78.2 Å². The van der Waals surface area contributed by atoms with E-state index in [0.717, 1.165) is 50.5 Å². The number of nitriles is 1. The summed E-state index contributed by atoms with van der Waals surface area (Å²) in [4.78, 5) is 43.3. The van der Waals surface area contributed by atoms with Gasteiger partial charge in [0.2, 0.25) is 5.91 Å². The molecule has 0 aromatic carbocycles. The highest BCUT2D eigenvalue weighted by Crippen LogP contribution is 2.74. The lowest BCUT2D eigenvalue weighted by Crippen LogP contribution is -2.66. The highest BCUT2D eigenvalue weighted by atomic mass is 16.2. The zero-order valence-electron chi connectivity index (χ0n) is 25.0. The van der Waals surface area contributed by atoms with Gasteiger partial charge < -0.3 is 4.90 Å². The summed E-state index contributed by atoms with van der Waals surface area (Å²) in [5, 5.41) is 9.89. The predicted molar refractivity (Wildman–Crippen MR) is 148 cm³/mol. The fraction of sp³-hybridized carbons (Fsp3) is 0.758. The molecule has 38 heavy (non-hydrogen) atoms. The summed E-state index contributed by atoms with van der Waals surface area (Å²) in [5.41, 5.74) is -0.779. The van der Waals surface area contributed by atoms with Gasteiger partial charge in [0.1, 0.15) is 6.07 Å². The SMILES string of the molecule is CN(C)C(=O)[C@]12CCC(C)(C)C[C@H]1[C@H]1C(=O)C=C3[C@@]4(C)C=C(C#N)C(=O)C(C)(C)[C@@H]4CC[C@@]3(C)[C@]1(C)CC2. The highest BCUT2D eigenvalue weighted by molar-refractivity contribution is 6.04. The summed E-state index contributed by atoms with van der Waals surface area (Å²) in [6.45, 7) is 15.4. The number of ketones is 2. The number of fused-ring (bicyclic) bond motifs is 7. The summed E-state index contributed by atoms with van der Waals surface area (Å²) in [6.07, 6.45) is 10.0. The number of allylic oxidation sites excluding steroid dienone is 4. The van der Waals surface area contributed by atoms with Crippen LogP contribution < -0.4 is 0 Å². The lowest BCUT2D eigenvalue weighted by molar-refractivity contribution is -0.183. The number of hydrogen-bond donors (Lipinski definition) is 0. The Morgan fingerprint density at radius 2 is 1.61 bits per heavy atom. The van der Waals surface area contributed by atoms with Gasteiger partial charge in [-0.1, -0.05) is 60.1 Å². The molecule has 5 aliphatic rings. The molecule has 206 valence electrons. The van der Waals surface area contributed by atoms with Crippen LogP contribution in [0.1, 0.15) is 93.4 Å². The van der Waals surface area contributed by atoms with Crippen molar-refractivity contribution in [2.75, 3.05) is 14.1 Å². The van der Waals surface area contributed by atoms with Crippen molar-refractivity contribution in [3.63, 3.8) is 0 Å². The summed E-state index contributed by atoms with van der Waals surface area (Å²) in [5.74, 6) is 0.123. The van der Waals surface area contributed by atoms with Crippen LogP contribution in [0.3, 0.4) is 0 Å². The first-order valence-electron chi connectivity index (χ1n) is 14.6. The number of nitrogens with zero attached hydrogens (tertiary/aromatic N) is 2. The molecule has 0 aliphatic heterocycles. The molecule has 0 radical (unpaired) electrons. The third-order valence-electron chi connectivity index (χ3n) is 12.7. The van der Waals surface area contributed by atoms with E-state index >= 15 is 0 Å². The zero-order valence-corrected chi connectivity index (χ0v) is 25.0. The smallest absolute Gasteiger partial charge is 0.228 e. The van der Waals surface area contributed by atoms with E-state index in [1.807, 2.05) is 40.1 Å². The summed E-state index contributed by atoms with van der Waals surface area (Å²) in [7, 11) is 3.72. The molecule has 0 unspecified atom stereocenters. The quantitative estimate of drug-likeness (QED) is 0.408. The average molecular weight is 519 g/mol. The van der Waals surface area contributed by atoms with Crippen molar-refractivity contribution >= 4 is 17.5 Å². The van der Waals surface area contributed by atoms with E-state index in [1.165, 1.54) is 0 Å². The van der Waals surface area contributed by atoms with Crippen LogP contribution in [0.15, 0.2) is 23.3 Å². The third-order valence-corrected chi connectivity index (χ3v) is 12.7. The Hall–Kier alpha value is -2.22. The van der Waals surface area contributed by atoms with Crippen LogP contribution in [-0.2, 0) is 14.4 Å². The first-order chi connectivity index (χ1) is 17.4. The Labute approximate surface area is 229 Å². The van der Waals surface area contributed by atoms with E-state index in [1.54, 1.807) is 4.90 Å². The second kappa shape index (κ2) is 7.92. The Kier molecular flexibility index (Phi) is 5.70. The van der Waals surface area contributed by atoms with Crippen molar-refractivity contribution in [1.29, 1.82) is 5.26 Å². The molecule has 5 rings (SSSR count). The summed E-state index contributed by atoms with van der Waals surface area (Å²) >= 11 is 0. The van der Waals surface area contributed by atoms with Crippen LogP contribution in [0.2, 0.25) is 0 Å². The molecule has 3 fully saturated rings. The van der Waals surface area contributed by atoms with E-state index in [9.17, 15) is 19.6 Å². The molecule has 0 heterocycles. The molecule has 0 aromatic rings. The van der Waals surface area contributed by atoms with E-state index in [4.69, 9.17) is 0 Å². The minimum absolute atomic E-state index is 0.0159. The van der Waals surface area contributed by atoms with Gasteiger partial charge in [-0.05, 0) is 79.1 Å². The minimum Gasteiger partial charge on any atom is -0.348 e. The first kappa shape index (κ1) is 27.4. The number of carbonyl (C=O) groups excluding carboxylic acids is 3. The van der Waals surface area contributed by atoms with Gasteiger partial charge in [0.15, 0.2) is 11.6 Å². The van der Waals surface area contributed by atoms with Crippen molar-refractivity contribution < 1.29 is 14.4 Å². The van der Waals surface area contributed by atoms with Crippen LogP contribution in [-0.4, -0.2) is 36.5 Å². The van der Waals surface area contributed by atoms with Crippen LogP contribution in [0, 0.1) is 61.6 Å². The lowest BCUT2D eigenvalue weighted by Gasteiger charge is -2.69. The summed E-state index contributed by atoms with van der Waals surface area (Å²) in [6, 6.07) is 2.18. The van der Waals surface area contributed by atoms with Gasteiger partial charge in [-0.25, -0.2) is 0 Å². The molecule has 0 aromatic heterocycles. The Morgan fingerprint density at radius 3 is 2.21 bits per heavy atom. The molecular formula is C33H46N2O3. The van der Waals surface area contributed by atoms with Gasteiger partial charge in [-0.2, -0.15) is 5.26 Å². The number of amides is 1. The Balaban J connectivity index is 1.71. The van der Waals surface area contributed by atoms with Crippen molar-refractivity contribution in [3.8, 4) is 6.07 Å². The maximum absolute atomic E-state index is 14.5. The van der Waals surface area contributed by atoms with Gasteiger partial charge in [0.05, 0.1) is 11.0 Å². The minimum atomic E-state index is -0.662. The van der Waals surface area contributed by atoms with Crippen LogP contribution >= 0.6 is 0 Å². The van der Waals surface area contributed by atoms with Crippen molar-refractivity contribution in [2.24, 2.45) is 50.2 Å². The molecule has 3 saturated carbocycles. The number of hydrogen-bond acceptors (Lipinski definition) is 4.